The smallest absolute Gasteiger partial charge is 0.270 e. The first-order chi connectivity index (χ1) is 14.5. The molecule has 0 spiro atoms. The third-order valence-electron chi connectivity index (χ3n) is 4.99. The van der Waals surface area contributed by atoms with Crippen LogP contribution in [0.1, 0.15) is 34.6 Å². The first-order valence-electron chi connectivity index (χ1n) is 9.81. The van der Waals surface area contributed by atoms with E-state index in [9.17, 15) is 9.18 Å². The summed E-state index contributed by atoms with van der Waals surface area (Å²) >= 11 is 0. The topological polar surface area (TPSA) is 46.9 Å². The lowest BCUT2D eigenvalue weighted by atomic mass is 10.1. The second-order valence-electron chi connectivity index (χ2n) is 7.25. The van der Waals surface area contributed by atoms with Crippen molar-refractivity contribution in [1.82, 2.24) is 15.1 Å². The van der Waals surface area contributed by atoms with Crippen LogP contribution < -0.4 is 5.32 Å². The molecule has 1 unspecified atom stereocenters. The fraction of sp³-hybridized carbons (Fsp3) is 0.120. The van der Waals surface area contributed by atoms with Crippen LogP contribution in [0, 0.1) is 12.7 Å². The highest BCUT2D eigenvalue weighted by Crippen LogP contribution is 2.25. The maximum absolute atomic E-state index is 14.4. The number of halogens is 1. The molecule has 0 aliphatic carbocycles. The minimum atomic E-state index is -0.379. The van der Waals surface area contributed by atoms with E-state index in [0.29, 0.717) is 17.0 Å². The summed E-state index contributed by atoms with van der Waals surface area (Å²) in [6, 6.07) is 25.3. The van der Waals surface area contributed by atoms with Gasteiger partial charge < -0.3 is 5.32 Å². The predicted octanol–water partition coefficient (Wildman–Crippen LogP) is 5.48. The van der Waals surface area contributed by atoms with Gasteiger partial charge in [-0.25, -0.2) is 9.07 Å². The second kappa shape index (κ2) is 8.33. The number of amides is 1. The van der Waals surface area contributed by atoms with Crippen molar-refractivity contribution in [3.8, 4) is 16.9 Å². The van der Waals surface area contributed by atoms with Gasteiger partial charge in [0.2, 0.25) is 0 Å². The Hall–Kier alpha value is -3.73. The first-order valence-corrected chi connectivity index (χ1v) is 9.81. The SMILES string of the molecule is Cc1cccc(-n2nc(-c3ccccc3F)cc2C(=O)NC(C)c2ccccc2)c1. The van der Waals surface area contributed by atoms with E-state index in [2.05, 4.69) is 10.4 Å². The van der Waals surface area contributed by atoms with Gasteiger partial charge in [-0.2, -0.15) is 5.10 Å². The molecule has 0 aliphatic heterocycles. The van der Waals surface area contributed by atoms with E-state index in [1.165, 1.54) is 6.07 Å². The zero-order valence-corrected chi connectivity index (χ0v) is 16.8. The van der Waals surface area contributed by atoms with Gasteiger partial charge in [-0.15, -0.1) is 0 Å². The van der Waals surface area contributed by atoms with E-state index >= 15 is 0 Å². The maximum atomic E-state index is 14.4. The zero-order valence-electron chi connectivity index (χ0n) is 16.8. The number of carbonyl (C=O) groups excluding carboxylic acids is 1. The summed E-state index contributed by atoms with van der Waals surface area (Å²) in [4.78, 5) is 13.2. The number of rotatable bonds is 5. The molecule has 0 aliphatic rings. The van der Waals surface area contributed by atoms with E-state index in [1.807, 2.05) is 68.4 Å². The molecule has 4 rings (SSSR count). The van der Waals surface area contributed by atoms with E-state index in [0.717, 1.165) is 16.8 Å². The van der Waals surface area contributed by atoms with Crippen LogP contribution in [0.4, 0.5) is 4.39 Å². The normalized spacial score (nSPS) is 11.8. The summed E-state index contributed by atoms with van der Waals surface area (Å²) in [5.74, 6) is -0.654. The first kappa shape index (κ1) is 19.6. The summed E-state index contributed by atoms with van der Waals surface area (Å²) in [6.07, 6.45) is 0. The molecular weight excluding hydrogens is 377 g/mol. The summed E-state index contributed by atoms with van der Waals surface area (Å²) in [7, 11) is 0. The van der Waals surface area contributed by atoms with Gasteiger partial charge in [0.15, 0.2) is 0 Å². The molecule has 1 heterocycles. The molecule has 1 amide bonds. The minimum Gasteiger partial charge on any atom is -0.344 e. The molecule has 0 fully saturated rings. The highest BCUT2D eigenvalue weighted by molar-refractivity contribution is 5.94. The van der Waals surface area contributed by atoms with Gasteiger partial charge in [-0.1, -0.05) is 54.6 Å². The average Bonchev–Trinajstić information content (AvgIpc) is 3.20. The Balaban J connectivity index is 1.75. The van der Waals surface area contributed by atoms with Gasteiger partial charge in [0.05, 0.1) is 17.4 Å². The molecule has 1 N–H and O–H groups in total. The lowest BCUT2D eigenvalue weighted by Crippen LogP contribution is -2.28. The molecule has 3 aromatic carbocycles. The molecule has 0 radical (unpaired) electrons. The summed E-state index contributed by atoms with van der Waals surface area (Å²) in [5.41, 5.74) is 3.90. The van der Waals surface area contributed by atoms with Crippen LogP contribution in [-0.4, -0.2) is 15.7 Å². The van der Waals surface area contributed by atoms with Gasteiger partial charge in [0.25, 0.3) is 5.91 Å². The Morgan fingerprint density at radius 1 is 0.967 bits per heavy atom. The highest BCUT2D eigenvalue weighted by Gasteiger charge is 2.21. The van der Waals surface area contributed by atoms with Crippen LogP contribution in [0.5, 0.6) is 0 Å². The van der Waals surface area contributed by atoms with Crippen molar-refractivity contribution in [3.05, 3.63) is 108 Å². The molecule has 4 nitrogen and oxygen atoms in total. The third-order valence-corrected chi connectivity index (χ3v) is 4.99. The van der Waals surface area contributed by atoms with E-state index in [-0.39, 0.29) is 17.8 Å². The fourth-order valence-corrected chi connectivity index (χ4v) is 3.40. The predicted molar refractivity (Wildman–Crippen MR) is 116 cm³/mol. The molecule has 30 heavy (non-hydrogen) atoms. The number of nitrogens with one attached hydrogen (secondary N) is 1. The second-order valence-corrected chi connectivity index (χ2v) is 7.25. The lowest BCUT2D eigenvalue weighted by molar-refractivity contribution is 0.0932. The van der Waals surface area contributed by atoms with Crippen molar-refractivity contribution in [2.75, 3.05) is 0 Å². The van der Waals surface area contributed by atoms with Crippen LogP contribution in [0.3, 0.4) is 0 Å². The lowest BCUT2D eigenvalue weighted by Gasteiger charge is -2.15. The molecule has 0 saturated heterocycles. The third kappa shape index (κ3) is 4.01. The van der Waals surface area contributed by atoms with Crippen LogP contribution in [0.2, 0.25) is 0 Å². The number of benzene rings is 3. The number of hydrogen-bond donors (Lipinski definition) is 1. The van der Waals surface area contributed by atoms with Gasteiger partial charge in [0, 0.05) is 5.56 Å². The van der Waals surface area contributed by atoms with Crippen molar-refractivity contribution < 1.29 is 9.18 Å². The number of carbonyl (C=O) groups is 1. The molecule has 0 bridgehead atoms. The highest BCUT2D eigenvalue weighted by atomic mass is 19.1. The zero-order chi connectivity index (χ0) is 21.1. The fourth-order valence-electron chi connectivity index (χ4n) is 3.40. The van der Waals surface area contributed by atoms with Crippen LogP contribution >= 0.6 is 0 Å². The summed E-state index contributed by atoms with van der Waals surface area (Å²) in [6.45, 7) is 3.90. The van der Waals surface area contributed by atoms with Crippen LogP contribution in [0.15, 0.2) is 84.9 Å². The largest absolute Gasteiger partial charge is 0.344 e. The van der Waals surface area contributed by atoms with Gasteiger partial charge >= 0.3 is 0 Å². The Kier molecular flexibility index (Phi) is 5.44. The van der Waals surface area contributed by atoms with Crippen molar-refractivity contribution in [2.24, 2.45) is 0 Å². The van der Waals surface area contributed by atoms with E-state index in [4.69, 9.17) is 0 Å². The Morgan fingerprint density at radius 3 is 2.43 bits per heavy atom. The average molecular weight is 399 g/mol. The molecule has 4 aromatic rings. The van der Waals surface area contributed by atoms with Gasteiger partial charge in [-0.05, 0) is 55.3 Å². The Bertz CT molecular complexity index is 1180. The Morgan fingerprint density at radius 2 is 1.70 bits per heavy atom. The summed E-state index contributed by atoms with van der Waals surface area (Å²) in [5, 5.41) is 7.59. The minimum absolute atomic E-state index is 0.184. The molecule has 150 valence electrons. The number of nitrogens with zero attached hydrogens (tertiary/aromatic N) is 2. The van der Waals surface area contributed by atoms with E-state index in [1.54, 1.807) is 28.9 Å². The van der Waals surface area contributed by atoms with Crippen LogP contribution in [0.25, 0.3) is 16.9 Å². The molecule has 1 atom stereocenters. The number of aryl methyl sites for hydroxylation is 1. The molecule has 0 saturated carbocycles. The Labute approximate surface area is 175 Å². The molecular formula is C25H22FN3O. The maximum Gasteiger partial charge on any atom is 0.270 e. The monoisotopic (exact) mass is 399 g/mol. The molecule has 1 aromatic heterocycles. The van der Waals surface area contributed by atoms with Crippen molar-refractivity contribution in [2.45, 2.75) is 19.9 Å². The quantitative estimate of drug-likeness (QED) is 0.483. The number of aromatic nitrogens is 2. The van der Waals surface area contributed by atoms with Gasteiger partial charge in [0.1, 0.15) is 11.5 Å². The standard InChI is InChI=1S/C25H22FN3O/c1-17-9-8-12-20(15-17)29-24(16-23(28-29)21-13-6-7-14-22(21)26)25(30)27-18(2)19-10-4-3-5-11-19/h3-16,18H,1-2H3,(H,27,30). The van der Waals surface area contributed by atoms with Crippen molar-refractivity contribution in [3.63, 3.8) is 0 Å². The van der Waals surface area contributed by atoms with Crippen LogP contribution in [-0.2, 0) is 0 Å². The van der Waals surface area contributed by atoms with Gasteiger partial charge in [-0.3, -0.25) is 4.79 Å². The summed E-state index contributed by atoms with van der Waals surface area (Å²) < 4.78 is 15.9. The van der Waals surface area contributed by atoms with Crippen molar-refractivity contribution in [1.29, 1.82) is 0 Å². The molecule has 5 heteroatoms. The van der Waals surface area contributed by atoms with E-state index < -0.39 is 0 Å². The number of hydrogen-bond acceptors (Lipinski definition) is 2. The van der Waals surface area contributed by atoms with Crippen molar-refractivity contribution >= 4 is 5.91 Å².